The van der Waals surface area contributed by atoms with Crippen LogP contribution in [0.2, 0.25) is 0 Å². The summed E-state index contributed by atoms with van der Waals surface area (Å²) in [6.07, 6.45) is 1.88. The number of aliphatic carboxylic acids is 1. The largest absolute Gasteiger partial charge is 0.481 e. The van der Waals surface area contributed by atoms with Gasteiger partial charge in [0.25, 0.3) is 0 Å². The molecule has 1 amide bonds. The van der Waals surface area contributed by atoms with Crippen LogP contribution in [0.5, 0.6) is 0 Å². The number of thiazole rings is 1. The number of benzene rings is 2. The molecular formula is C24H22N2O4S. The fourth-order valence-corrected chi connectivity index (χ4v) is 5.68. The van der Waals surface area contributed by atoms with Crippen molar-refractivity contribution in [3.63, 3.8) is 0 Å². The monoisotopic (exact) mass is 434 g/mol. The van der Waals surface area contributed by atoms with E-state index < -0.39 is 23.5 Å². The minimum absolute atomic E-state index is 0.0205. The highest BCUT2D eigenvalue weighted by Gasteiger charge is 2.51. The Hall–Kier alpha value is -3.19. The molecule has 158 valence electrons. The molecule has 0 unspecified atom stereocenters. The van der Waals surface area contributed by atoms with Crippen molar-refractivity contribution in [1.82, 2.24) is 10.3 Å². The Balaban J connectivity index is 1.32. The van der Waals surface area contributed by atoms with Gasteiger partial charge < -0.3 is 15.2 Å². The first kappa shape index (κ1) is 19.8. The predicted molar refractivity (Wildman–Crippen MR) is 117 cm³/mol. The molecule has 2 aromatic carbocycles. The van der Waals surface area contributed by atoms with E-state index in [-0.39, 0.29) is 12.5 Å². The van der Waals surface area contributed by atoms with Gasteiger partial charge in [-0.3, -0.25) is 4.79 Å². The van der Waals surface area contributed by atoms with Gasteiger partial charge in [-0.2, -0.15) is 0 Å². The molecule has 6 nitrogen and oxygen atoms in total. The number of aryl methyl sites for hydroxylation is 1. The van der Waals surface area contributed by atoms with E-state index in [4.69, 9.17) is 4.74 Å². The summed E-state index contributed by atoms with van der Waals surface area (Å²) in [4.78, 5) is 29.3. The van der Waals surface area contributed by atoms with Crippen LogP contribution in [0.1, 0.15) is 39.8 Å². The quantitative estimate of drug-likeness (QED) is 0.609. The number of amides is 1. The van der Waals surface area contributed by atoms with Crippen molar-refractivity contribution in [3.05, 3.63) is 75.7 Å². The van der Waals surface area contributed by atoms with E-state index in [2.05, 4.69) is 34.6 Å². The van der Waals surface area contributed by atoms with Gasteiger partial charge in [-0.1, -0.05) is 48.5 Å². The smallest absolute Gasteiger partial charge is 0.407 e. The summed E-state index contributed by atoms with van der Waals surface area (Å²) in [6, 6.07) is 16.4. The molecule has 0 bridgehead atoms. The zero-order chi connectivity index (χ0) is 21.6. The molecule has 1 heterocycles. The van der Waals surface area contributed by atoms with Gasteiger partial charge in [0.05, 0.1) is 21.3 Å². The molecule has 1 aromatic heterocycles. The van der Waals surface area contributed by atoms with Crippen molar-refractivity contribution in [2.75, 3.05) is 6.61 Å². The van der Waals surface area contributed by atoms with E-state index in [0.29, 0.717) is 12.8 Å². The van der Waals surface area contributed by atoms with E-state index in [9.17, 15) is 14.7 Å². The molecule has 0 aliphatic heterocycles. The van der Waals surface area contributed by atoms with Crippen LogP contribution >= 0.6 is 11.3 Å². The number of rotatable bonds is 5. The van der Waals surface area contributed by atoms with Crippen LogP contribution in [0.25, 0.3) is 11.1 Å². The highest BCUT2D eigenvalue weighted by Crippen LogP contribution is 2.48. The molecule has 0 saturated heterocycles. The van der Waals surface area contributed by atoms with Gasteiger partial charge >= 0.3 is 12.1 Å². The molecule has 3 aromatic rings. The third-order valence-corrected chi connectivity index (χ3v) is 7.43. The summed E-state index contributed by atoms with van der Waals surface area (Å²) in [5.41, 5.74) is 3.93. The first-order valence-electron chi connectivity index (χ1n) is 10.3. The van der Waals surface area contributed by atoms with E-state index in [1.54, 1.807) is 6.20 Å². The first-order chi connectivity index (χ1) is 15.0. The van der Waals surface area contributed by atoms with Crippen molar-refractivity contribution >= 4 is 23.4 Å². The number of aromatic nitrogens is 1. The normalized spacial score (nSPS) is 21.6. The lowest BCUT2D eigenvalue weighted by Gasteiger charge is -2.45. The van der Waals surface area contributed by atoms with Crippen LogP contribution in [0.4, 0.5) is 4.79 Å². The molecule has 7 heteroatoms. The standard InChI is InChI=1S/C24H22N2O4S/c1-14-25-12-21(31-14)24(10-15(11-24)22(27)28)26-23(29)30-13-20-18-8-4-2-6-16(18)17-7-3-5-9-19(17)20/h2-9,12,15,20H,10-11,13H2,1H3,(H,26,29)(H,27,28). The minimum atomic E-state index is -0.841. The van der Waals surface area contributed by atoms with Gasteiger partial charge in [0.15, 0.2) is 0 Å². The van der Waals surface area contributed by atoms with E-state index >= 15 is 0 Å². The Morgan fingerprint density at radius 3 is 2.29 bits per heavy atom. The number of hydrogen-bond donors (Lipinski definition) is 2. The van der Waals surface area contributed by atoms with Crippen molar-refractivity contribution in [1.29, 1.82) is 0 Å². The number of alkyl carbamates (subject to hydrolysis) is 1. The summed E-state index contributed by atoms with van der Waals surface area (Å²) in [7, 11) is 0. The van der Waals surface area contributed by atoms with Crippen molar-refractivity contribution < 1.29 is 19.4 Å². The van der Waals surface area contributed by atoms with Gasteiger partial charge in [0, 0.05) is 12.1 Å². The average molecular weight is 435 g/mol. The lowest BCUT2D eigenvalue weighted by atomic mass is 9.67. The molecule has 2 N–H and O–H groups in total. The lowest BCUT2D eigenvalue weighted by molar-refractivity contribution is -0.148. The second kappa shape index (κ2) is 7.50. The summed E-state index contributed by atoms with van der Waals surface area (Å²) < 4.78 is 5.68. The van der Waals surface area contributed by atoms with Crippen molar-refractivity contribution in [2.45, 2.75) is 31.2 Å². The molecule has 31 heavy (non-hydrogen) atoms. The molecule has 1 saturated carbocycles. The third kappa shape index (κ3) is 3.39. The van der Waals surface area contributed by atoms with E-state index in [0.717, 1.165) is 21.0 Å². The molecule has 0 radical (unpaired) electrons. The zero-order valence-electron chi connectivity index (χ0n) is 17.0. The predicted octanol–water partition coefficient (Wildman–Crippen LogP) is 4.68. The summed E-state index contributed by atoms with van der Waals surface area (Å²) in [5.74, 6) is -1.34. The Morgan fingerprint density at radius 2 is 1.74 bits per heavy atom. The highest BCUT2D eigenvalue weighted by molar-refractivity contribution is 7.11. The summed E-state index contributed by atoms with van der Waals surface area (Å²) in [6.45, 7) is 2.11. The number of carbonyl (C=O) groups is 2. The fraction of sp³-hybridized carbons (Fsp3) is 0.292. The summed E-state index contributed by atoms with van der Waals surface area (Å²) in [5, 5.41) is 13.2. The summed E-state index contributed by atoms with van der Waals surface area (Å²) >= 11 is 1.48. The maximum Gasteiger partial charge on any atom is 0.407 e. The second-order valence-corrected chi connectivity index (χ2v) is 9.45. The van der Waals surface area contributed by atoms with Gasteiger partial charge in [0.1, 0.15) is 6.61 Å². The average Bonchev–Trinajstić information content (AvgIpc) is 3.30. The van der Waals surface area contributed by atoms with E-state index in [1.807, 2.05) is 31.2 Å². The number of carboxylic acids is 1. The molecule has 0 spiro atoms. The third-order valence-electron chi connectivity index (χ3n) is 6.32. The number of carboxylic acid groups (broad SMARTS) is 1. The van der Waals surface area contributed by atoms with Crippen LogP contribution in [-0.2, 0) is 15.1 Å². The SMILES string of the molecule is Cc1ncc(C2(NC(=O)OCC3c4ccccc4-c4ccccc43)CC(C(=O)O)C2)s1. The number of carbonyl (C=O) groups excluding carboxylic acids is 1. The zero-order valence-corrected chi connectivity index (χ0v) is 17.8. The van der Waals surface area contributed by atoms with Crippen molar-refractivity contribution in [2.24, 2.45) is 5.92 Å². The molecule has 0 atom stereocenters. The van der Waals surface area contributed by atoms with Gasteiger partial charge in [-0.25, -0.2) is 9.78 Å². The Bertz CT molecular complexity index is 1120. The minimum Gasteiger partial charge on any atom is -0.481 e. The number of fused-ring (bicyclic) bond motifs is 3. The van der Waals surface area contributed by atoms with Crippen LogP contribution < -0.4 is 5.32 Å². The lowest BCUT2D eigenvalue weighted by Crippen LogP contribution is -2.56. The first-order valence-corrected chi connectivity index (χ1v) is 11.1. The molecule has 2 aliphatic rings. The van der Waals surface area contributed by atoms with Gasteiger partial charge in [-0.05, 0) is 42.0 Å². The second-order valence-electron chi connectivity index (χ2n) is 8.22. The van der Waals surface area contributed by atoms with Gasteiger partial charge in [-0.15, -0.1) is 11.3 Å². The topological polar surface area (TPSA) is 88.5 Å². The van der Waals surface area contributed by atoms with Crippen LogP contribution in [0.15, 0.2) is 54.7 Å². The van der Waals surface area contributed by atoms with Crippen molar-refractivity contribution in [3.8, 4) is 11.1 Å². The van der Waals surface area contributed by atoms with Crippen LogP contribution in [0.3, 0.4) is 0 Å². The maximum absolute atomic E-state index is 12.8. The number of nitrogens with zero attached hydrogens (tertiary/aromatic N) is 1. The van der Waals surface area contributed by atoms with E-state index in [1.165, 1.54) is 22.5 Å². The highest BCUT2D eigenvalue weighted by atomic mass is 32.1. The number of nitrogens with one attached hydrogen (secondary N) is 1. The fourth-order valence-electron chi connectivity index (χ4n) is 4.73. The Morgan fingerprint density at radius 1 is 1.13 bits per heavy atom. The van der Waals surface area contributed by atoms with Gasteiger partial charge in [0.2, 0.25) is 0 Å². The molecule has 2 aliphatic carbocycles. The van der Waals surface area contributed by atoms with Crippen LogP contribution in [-0.4, -0.2) is 28.8 Å². The Labute approximate surface area is 183 Å². The number of ether oxygens (including phenoxy) is 1. The maximum atomic E-state index is 12.8. The van der Waals surface area contributed by atoms with Crippen LogP contribution in [0, 0.1) is 12.8 Å². The molecule has 5 rings (SSSR count). The number of hydrogen-bond acceptors (Lipinski definition) is 5. The molecular weight excluding hydrogens is 412 g/mol. The Kier molecular flexibility index (Phi) is 4.78. The molecule has 1 fully saturated rings.